The van der Waals surface area contributed by atoms with Gasteiger partial charge < -0.3 is 14.5 Å². The number of ether oxygens (including phenoxy) is 1. The predicted octanol–water partition coefficient (Wildman–Crippen LogP) is 0.162. The molecular formula is C13H18N4O2. The maximum Gasteiger partial charge on any atom is 0.228 e. The normalized spacial score (nSPS) is 23.7. The van der Waals surface area contributed by atoms with Gasteiger partial charge in [0.25, 0.3) is 0 Å². The molecule has 1 atom stereocenters. The second kappa shape index (κ2) is 5.52. The molecule has 1 amide bonds. The van der Waals surface area contributed by atoms with Crippen LogP contribution in [0.4, 0.5) is 5.82 Å². The first kappa shape index (κ1) is 12.3. The van der Waals surface area contributed by atoms with Crippen LogP contribution >= 0.6 is 0 Å². The van der Waals surface area contributed by atoms with Crippen LogP contribution in [0.15, 0.2) is 18.6 Å². The largest absolute Gasteiger partial charge is 0.381 e. The lowest BCUT2D eigenvalue weighted by Crippen LogP contribution is -2.50. The number of piperazine rings is 1. The van der Waals surface area contributed by atoms with E-state index in [0.717, 1.165) is 45.0 Å². The highest BCUT2D eigenvalue weighted by Gasteiger charge is 2.30. The van der Waals surface area contributed by atoms with E-state index in [0.29, 0.717) is 6.61 Å². The van der Waals surface area contributed by atoms with Gasteiger partial charge in [0.2, 0.25) is 5.91 Å². The van der Waals surface area contributed by atoms with Crippen molar-refractivity contribution in [2.75, 3.05) is 44.3 Å². The molecule has 0 aromatic carbocycles. The van der Waals surface area contributed by atoms with Gasteiger partial charge in [-0.3, -0.25) is 9.78 Å². The SMILES string of the molecule is O=C(C1CCOC1)N1CCN(c2cnccn2)CC1. The molecule has 2 saturated heterocycles. The molecule has 6 nitrogen and oxygen atoms in total. The van der Waals surface area contributed by atoms with Crippen LogP contribution in [-0.4, -0.2) is 60.2 Å². The molecule has 0 radical (unpaired) electrons. The molecule has 19 heavy (non-hydrogen) atoms. The fraction of sp³-hybridized carbons (Fsp3) is 0.615. The van der Waals surface area contributed by atoms with Crippen LogP contribution in [0.25, 0.3) is 0 Å². The molecule has 2 fully saturated rings. The molecule has 1 aromatic rings. The quantitative estimate of drug-likeness (QED) is 0.760. The standard InChI is InChI=1S/C13H18N4O2/c18-13(11-1-8-19-10-11)17-6-4-16(5-7-17)12-9-14-2-3-15-12/h2-3,9,11H,1,4-8,10H2. The summed E-state index contributed by atoms with van der Waals surface area (Å²) in [7, 11) is 0. The van der Waals surface area contributed by atoms with E-state index in [-0.39, 0.29) is 11.8 Å². The van der Waals surface area contributed by atoms with E-state index in [1.54, 1.807) is 18.6 Å². The molecule has 2 aliphatic heterocycles. The molecule has 0 spiro atoms. The van der Waals surface area contributed by atoms with Crippen LogP contribution in [0.1, 0.15) is 6.42 Å². The summed E-state index contributed by atoms with van der Waals surface area (Å²) >= 11 is 0. The number of aromatic nitrogens is 2. The van der Waals surface area contributed by atoms with Gasteiger partial charge in [-0.2, -0.15) is 0 Å². The van der Waals surface area contributed by atoms with Gasteiger partial charge in [-0.05, 0) is 6.42 Å². The molecule has 3 rings (SSSR count). The van der Waals surface area contributed by atoms with Crippen molar-refractivity contribution < 1.29 is 9.53 Å². The van der Waals surface area contributed by atoms with Crippen LogP contribution in [0.2, 0.25) is 0 Å². The highest BCUT2D eigenvalue weighted by Crippen LogP contribution is 2.18. The van der Waals surface area contributed by atoms with Gasteiger partial charge in [-0.25, -0.2) is 4.98 Å². The van der Waals surface area contributed by atoms with E-state index in [4.69, 9.17) is 4.74 Å². The minimum Gasteiger partial charge on any atom is -0.381 e. The summed E-state index contributed by atoms with van der Waals surface area (Å²) in [6.45, 7) is 4.45. The molecule has 0 bridgehead atoms. The average molecular weight is 262 g/mol. The van der Waals surface area contributed by atoms with Crippen molar-refractivity contribution in [2.24, 2.45) is 5.92 Å². The van der Waals surface area contributed by atoms with Crippen LogP contribution in [0.5, 0.6) is 0 Å². The Morgan fingerprint density at radius 2 is 2.11 bits per heavy atom. The van der Waals surface area contributed by atoms with Crippen molar-refractivity contribution in [1.82, 2.24) is 14.9 Å². The molecule has 102 valence electrons. The lowest BCUT2D eigenvalue weighted by atomic mass is 10.1. The number of nitrogens with zero attached hydrogens (tertiary/aromatic N) is 4. The van der Waals surface area contributed by atoms with Gasteiger partial charge >= 0.3 is 0 Å². The van der Waals surface area contributed by atoms with E-state index in [1.807, 2.05) is 4.90 Å². The highest BCUT2D eigenvalue weighted by molar-refractivity contribution is 5.79. The predicted molar refractivity (Wildman–Crippen MR) is 69.8 cm³/mol. The summed E-state index contributed by atoms with van der Waals surface area (Å²) in [5.74, 6) is 1.21. The smallest absolute Gasteiger partial charge is 0.228 e. The maximum atomic E-state index is 12.2. The number of amides is 1. The first-order valence-electron chi connectivity index (χ1n) is 6.72. The molecule has 1 unspecified atom stereocenters. The van der Waals surface area contributed by atoms with E-state index in [1.165, 1.54) is 0 Å². The average Bonchev–Trinajstić information content (AvgIpc) is 3.02. The van der Waals surface area contributed by atoms with Crippen molar-refractivity contribution in [3.8, 4) is 0 Å². The molecule has 3 heterocycles. The maximum absolute atomic E-state index is 12.2. The third-order valence-corrected chi connectivity index (χ3v) is 3.74. The highest BCUT2D eigenvalue weighted by atomic mass is 16.5. The topological polar surface area (TPSA) is 58.6 Å². The minimum absolute atomic E-state index is 0.0723. The minimum atomic E-state index is 0.0723. The molecule has 0 N–H and O–H groups in total. The first-order chi connectivity index (χ1) is 9.34. The third-order valence-electron chi connectivity index (χ3n) is 3.74. The zero-order chi connectivity index (χ0) is 13.1. The van der Waals surface area contributed by atoms with Crippen molar-refractivity contribution in [3.05, 3.63) is 18.6 Å². The third kappa shape index (κ3) is 2.68. The first-order valence-corrected chi connectivity index (χ1v) is 6.72. The molecule has 2 aliphatic rings. The summed E-state index contributed by atoms with van der Waals surface area (Å²) in [5.41, 5.74) is 0. The van der Waals surface area contributed by atoms with Gasteiger partial charge in [0.1, 0.15) is 5.82 Å². The summed E-state index contributed by atoms with van der Waals surface area (Å²) < 4.78 is 5.28. The second-order valence-corrected chi connectivity index (χ2v) is 4.94. The number of carbonyl (C=O) groups excluding carboxylic acids is 1. The Balaban J connectivity index is 1.56. The summed E-state index contributed by atoms with van der Waals surface area (Å²) in [6, 6.07) is 0. The monoisotopic (exact) mass is 262 g/mol. The van der Waals surface area contributed by atoms with Crippen LogP contribution in [0, 0.1) is 5.92 Å². The summed E-state index contributed by atoms with van der Waals surface area (Å²) in [6.07, 6.45) is 6.00. The second-order valence-electron chi connectivity index (χ2n) is 4.94. The Hall–Kier alpha value is -1.69. The number of carbonyl (C=O) groups is 1. The Bertz CT molecular complexity index is 426. The number of rotatable bonds is 2. The van der Waals surface area contributed by atoms with Crippen molar-refractivity contribution >= 4 is 11.7 Å². The van der Waals surface area contributed by atoms with Gasteiger partial charge in [-0.15, -0.1) is 0 Å². The fourth-order valence-corrected chi connectivity index (χ4v) is 2.60. The number of hydrogen-bond donors (Lipinski definition) is 0. The van der Waals surface area contributed by atoms with Gasteiger partial charge in [-0.1, -0.05) is 0 Å². The van der Waals surface area contributed by atoms with Crippen molar-refractivity contribution in [1.29, 1.82) is 0 Å². The Morgan fingerprint density at radius 3 is 2.74 bits per heavy atom. The van der Waals surface area contributed by atoms with E-state index in [9.17, 15) is 4.79 Å². The van der Waals surface area contributed by atoms with E-state index in [2.05, 4.69) is 14.9 Å². The zero-order valence-electron chi connectivity index (χ0n) is 10.9. The molecule has 0 aliphatic carbocycles. The summed E-state index contributed by atoms with van der Waals surface area (Å²) in [4.78, 5) is 24.7. The van der Waals surface area contributed by atoms with Crippen molar-refractivity contribution in [3.63, 3.8) is 0 Å². The molecule has 6 heteroatoms. The number of anilines is 1. The molecular weight excluding hydrogens is 244 g/mol. The zero-order valence-corrected chi connectivity index (χ0v) is 10.9. The summed E-state index contributed by atoms with van der Waals surface area (Å²) in [5, 5.41) is 0. The van der Waals surface area contributed by atoms with E-state index >= 15 is 0 Å². The lowest BCUT2D eigenvalue weighted by molar-refractivity contribution is -0.135. The molecule has 0 saturated carbocycles. The van der Waals surface area contributed by atoms with Crippen LogP contribution in [-0.2, 0) is 9.53 Å². The lowest BCUT2D eigenvalue weighted by Gasteiger charge is -2.36. The van der Waals surface area contributed by atoms with Gasteiger partial charge in [0.05, 0.1) is 18.7 Å². The molecule has 1 aromatic heterocycles. The van der Waals surface area contributed by atoms with Crippen molar-refractivity contribution in [2.45, 2.75) is 6.42 Å². The Kier molecular flexibility index (Phi) is 3.59. The Labute approximate surface area is 112 Å². The fourth-order valence-electron chi connectivity index (χ4n) is 2.60. The Morgan fingerprint density at radius 1 is 1.26 bits per heavy atom. The van der Waals surface area contributed by atoms with Crippen LogP contribution < -0.4 is 4.90 Å². The van der Waals surface area contributed by atoms with Gasteiger partial charge in [0.15, 0.2) is 0 Å². The van der Waals surface area contributed by atoms with Gasteiger partial charge in [0, 0.05) is 45.2 Å². The van der Waals surface area contributed by atoms with Crippen LogP contribution in [0.3, 0.4) is 0 Å². The number of hydrogen-bond acceptors (Lipinski definition) is 5. The van der Waals surface area contributed by atoms with E-state index < -0.39 is 0 Å².